The Hall–Kier alpha value is -2.96. The number of nitro groups is 1. The molecule has 0 fully saturated rings. The molecule has 7 heteroatoms. The summed E-state index contributed by atoms with van der Waals surface area (Å²) in [7, 11) is 0. The summed E-state index contributed by atoms with van der Waals surface area (Å²) in [5.74, 6) is -1.20. The fourth-order valence-electron chi connectivity index (χ4n) is 1.44. The van der Waals surface area contributed by atoms with Crippen molar-refractivity contribution in [3.8, 4) is 0 Å². The summed E-state index contributed by atoms with van der Waals surface area (Å²) in [5.41, 5.74) is 0.310. The van der Waals surface area contributed by atoms with E-state index in [1.54, 1.807) is 0 Å². The van der Waals surface area contributed by atoms with Crippen LogP contribution in [0.15, 0.2) is 46.9 Å². The van der Waals surface area contributed by atoms with E-state index in [-0.39, 0.29) is 5.76 Å². The predicted molar refractivity (Wildman–Crippen MR) is 69.4 cm³/mol. The Morgan fingerprint density at radius 3 is 2.80 bits per heavy atom. The first-order valence-corrected chi connectivity index (χ1v) is 5.53. The second-order valence-corrected chi connectivity index (χ2v) is 3.77. The topological polar surface area (TPSA) is 85.4 Å². The zero-order valence-corrected chi connectivity index (χ0v) is 10.1. The number of nitrogens with one attached hydrogen (secondary N) is 1. The highest BCUT2D eigenvalue weighted by Gasteiger charge is 2.10. The number of nitrogens with zero attached hydrogens (tertiary/aromatic N) is 1. The number of halogens is 1. The molecule has 0 aliphatic carbocycles. The third-order valence-electron chi connectivity index (χ3n) is 2.28. The van der Waals surface area contributed by atoms with Gasteiger partial charge in [-0.2, -0.15) is 0 Å². The highest BCUT2D eigenvalue weighted by Crippen LogP contribution is 2.16. The minimum absolute atomic E-state index is 0.172. The Labute approximate surface area is 112 Å². The third-order valence-corrected chi connectivity index (χ3v) is 2.28. The van der Waals surface area contributed by atoms with Gasteiger partial charge in [0.05, 0.1) is 6.07 Å². The number of carbonyl (C=O) groups is 1. The second kappa shape index (κ2) is 5.79. The molecular weight excluding hydrogens is 267 g/mol. The predicted octanol–water partition coefficient (Wildman–Crippen LogP) is 2.98. The molecule has 0 unspecified atom stereocenters. The second-order valence-electron chi connectivity index (χ2n) is 3.77. The van der Waals surface area contributed by atoms with Crippen molar-refractivity contribution in [2.45, 2.75) is 0 Å². The van der Waals surface area contributed by atoms with Crippen molar-refractivity contribution in [1.82, 2.24) is 0 Å². The minimum atomic E-state index is -0.676. The average Bonchev–Trinajstić information content (AvgIpc) is 2.85. The molecule has 0 radical (unpaired) electrons. The first kappa shape index (κ1) is 13.5. The maximum absolute atomic E-state index is 12.9. The van der Waals surface area contributed by atoms with Gasteiger partial charge in [-0.25, -0.2) is 4.39 Å². The van der Waals surface area contributed by atoms with Crippen molar-refractivity contribution >= 4 is 23.6 Å². The van der Waals surface area contributed by atoms with Gasteiger partial charge in [0.25, 0.3) is 0 Å². The Balaban J connectivity index is 2.00. The molecule has 0 bridgehead atoms. The Morgan fingerprint density at radius 2 is 2.15 bits per heavy atom. The van der Waals surface area contributed by atoms with Crippen LogP contribution in [0.4, 0.5) is 16.0 Å². The molecule has 102 valence electrons. The molecule has 1 amide bonds. The van der Waals surface area contributed by atoms with Crippen LogP contribution in [0.3, 0.4) is 0 Å². The molecule has 0 aliphatic heterocycles. The van der Waals surface area contributed by atoms with Crippen molar-refractivity contribution < 1.29 is 18.5 Å². The zero-order valence-electron chi connectivity index (χ0n) is 10.1. The zero-order chi connectivity index (χ0) is 14.5. The maximum atomic E-state index is 12.9. The fourth-order valence-corrected chi connectivity index (χ4v) is 1.44. The van der Waals surface area contributed by atoms with Crippen LogP contribution in [0.25, 0.3) is 6.08 Å². The number of benzene rings is 1. The molecule has 1 aromatic heterocycles. The van der Waals surface area contributed by atoms with E-state index in [1.807, 2.05) is 0 Å². The summed E-state index contributed by atoms with van der Waals surface area (Å²) in [6.45, 7) is 0. The van der Waals surface area contributed by atoms with E-state index in [1.165, 1.54) is 42.5 Å². The summed E-state index contributed by atoms with van der Waals surface area (Å²) in [6.07, 6.45) is 2.41. The van der Waals surface area contributed by atoms with Gasteiger partial charge in [0, 0.05) is 11.8 Å². The summed E-state index contributed by atoms with van der Waals surface area (Å²) in [6, 6.07) is 7.97. The van der Waals surface area contributed by atoms with E-state index in [9.17, 15) is 19.3 Å². The van der Waals surface area contributed by atoms with Crippen LogP contribution in [0.2, 0.25) is 0 Å². The molecule has 1 N–H and O–H groups in total. The Morgan fingerprint density at radius 1 is 1.35 bits per heavy atom. The monoisotopic (exact) mass is 276 g/mol. The lowest BCUT2D eigenvalue weighted by molar-refractivity contribution is -0.402. The van der Waals surface area contributed by atoms with Gasteiger partial charge in [0.1, 0.15) is 16.5 Å². The van der Waals surface area contributed by atoms with Gasteiger partial charge in [0.2, 0.25) is 5.91 Å². The van der Waals surface area contributed by atoms with E-state index in [0.717, 1.165) is 6.08 Å². The van der Waals surface area contributed by atoms with Crippen molar-refractivity contribution in [2.24, 2.45) is 0 Å². The molecule has 0 saturated carbocycles. The summed E-state index contributed by atoms with van der Waals surface area (Å²) < 4.78 is 17.7. The van der Waals surface area contributed by atoms with Gasteiger partial charge in [-0.1, -0.05) is 6.07 Å². The highest BCUT2D eigenvalue weighted by atomic mass is 19.1. The molecule has 0 spiro atoms. The molecule has 2 aromatic rings. The van der Waals surface area contributed by atoms with Crippen molar-refractivity contribution in [2.75, 3.05) is 5.32 Å². The summed E-state index contributed by atoms with van der Waals surface area (Å²) in [4.78, 5) is 21.3. The first-order chi connectivity index (χ1) is 9.54. The van der Waals surface area contributed by atoms with Gasteiger partial charge in [0.15, 0.2) is 0 Å². The lowest BCUT2D eigenvalue weighted by Gasteiger charge is -2.00. The molecule has 0 aliphatic rings. The SMILES string of the molecule is O=C(/C=C/c1ccc([N+](=O)[O-])o1)Nc1cccc(F)c1. The van der Waals surface area contributed by atoms with Gasteiger partial charge >= 0.3 is 5.88 Å². The molecule has 0 atom stereocenters. The van der Waals surface area contributed by atoms with E-state index in [4.69, 9.17) is 4.42 Å². The van der Waals surface area contributed by atoms with Gasteiger partial charge in [-0.05, 0) is 30.3 Å². The normalized spacial score (nSPS) is 10.7. The van der Waals surface area contributed by atoms with Crippen LogP contribution in [-0.4, -0.2) is 10.8 Å². The number of hydrogen-bond acceptors (Lipinski definition) is 4. The average molecular weight is 276 g/mol. The number of hydrogen-bond donors (Lipinski definition) is 1. The van der Waals surface area contributed by atoms with Crippen LogP contribution in [0.5, 0.6) is 0 Å². The highest BCUT2D eigenvalue weighted by molar-refractivity contribution is 6.01. The molecule has 2 rings (SSSR count). The number of carbonyl (C=O) groups excluding carboxylic acids is 1. The van der Waals surface area contributed by atoms with Gasteiger partial charge in [-0.3, -0.25) is 14.9 Å². The van der Waals surface area contributed by atoms with Crippen molar-refractivity contribution in [3.05, 3.63) is 64.2 Å². The van der Waals surface area contributed by atoms with E-state index in [2.05, 4.69) is 5.32 Å². The third kappa shape index (κ3) is 3.52. The van der Waals surface area contributed by atoms with E-state index in [0.29, 0.717) is 5.69 Å². The van der Waals surface area contributed by atoms with Gasteiger partial charge in [-0.15, -0.1) is 0 Å². The summed E-state index contributed by atoms with van der Waals surface area (Å²) >= 11 is 0. The number of furan rings is 1. The quantitative estimate of drug-likeness (QED) is 0.528. The molecule has 1 aromatic carbocycles. The standard InChI is InChI=1S/C13H9FN2O4/c14-9-2-1-3-10(8-9)15-12(17)6-4-11-5-7-13(20-11)16(18)19/h1-8H,(H,15,17)/b6-4+. The van der Waals surface area contributed by atoms with Crippen molar-refractivity contribution in [1.29, 1.82) is 0 Å². The summed E-state index contributed by atoms with van der Waals surface area (Å²) in [5, 5.41) is 12.8. The van der Waals surface area contributed by atoms with Crippen LogP contribution in [-0.2, 0) is 4.79 Å². The molecule has 0 saturated heterocycles. The molecule has 1 heterocycles. The Kier molecular flexibility index (Phi) is 3.90. The lowest BCUT2D eigenvalue weighted by atomic mass is 10.3. The number of rotatable bonds is 4. The molecule has 20 heavy (non-hydrogen) atoms. The van der Waals surface area contributed by atoms with Gasteiger partial charge < -0.3 is 9.73 Å². The number of anilines is 1. The maximum Gasteiger partial charge on any atom is 0.433 e. The minimum Gasteiger partial charge on any atom is -0.401 e. The lowest BCUT2D eigenvalue weighted by Crippen LogP contribution is -2.07. The fraction of sp³-hybridized carbons (Fsp3) is 0. The van der Waals surface area contributed by atoms with Crippen LogP contribution < -0.4 is 5.32 Å². The van der Waals surface area contributed by atoms with Crippen molar-refractivity contribution in [3.63, 3.8) is 0 Å². The van der Waals surface area contributed by atoms with Crippen LogP contribution in [0, 0.1) is 15.9 Å². The van der Waals surface area contributed by atoms with E-state index < -0.39 is 22.5 Å². The Bertz CT molecular complexity index is 679. The first-order valence-electron chi connectivity index (χ1n) is 5.53. The van der Waals surface area contributed by atoms with Crippen LogP contribution >= 0.6 is 0 Å². The van der Waals surface area contributed by atoms with E-state index >= 15 is 0 Å². The largest absolute Gasteiger partial charge is 0.433 e. The number of amides is 1. The smallest absolute Gasteiger partial charge is 0.401 e. The molecule has 6 nitrogen and oxygen atoms in total. The molecular formula is C13H9FN2O4. The van der Waals surface area contributed by atoms with Crippen LogP contribution in [0.1, 0.15) is 5.76 Å².